The van der Waals surface area contributed by atoms with E-state index in [0.717, 1.165) is 28.1 Å². The predicted molar refractivity (Wildman–Crippen MR) is 115 cm³/mol. The van der Waals surface area contributed by atoms with Gasteiger partial charge in [0.1, 0.15) is 5.69 Å². The highest BCUT2D eigenvalue weighted by molar-refractivity contribution is 7.13. The van der Waals surface area contributed by atoms with Gasteiger partial charge in [-0.15, -0.1) is 11.3 Å². The summed E-state index contributed by atoms with van der Waals surface area (Å²) in [7, 11) is 0. The molecule has 138 valence electrons. The number of aliphatic imine (C=N–C) groups is 1. The van der Waals surface area contributed by atoms with Crippen molar-refractivity contribution in [3.05, 3.63) is 83.5 Å². The maximum Gasteiger partial charge on any atom is 0.172 e. The standard InChI is InChI=1S/C22H19N5S/c1-2-16-19(15-9-4-3-5-10-15)25-22(18-12-8-14-28-18)27-21(16)26-20(23)17-11-6-7-13-24-17/h3-14H,2H2,1H3,(H2,23,25,26,27). The summed E-state index contributed by atoms with van der Waals surface area (Å²) in [5, 5.41) is 2.01. The van der Waals surface area contributed by atoms with Crippen LogP contribution >= 0.6 is 11.3 Å². The Labute approximate surface area is 167 Å². The van der Waals surface area contributed by atoms with E-state index in [0.29, 0.717) is 23.2 Å². The van der Waals surface area contributed by atoms with E-state index in [9.17, 15) is 0 Å². The lowest BCUT2D eigenvalue weighted by Crippen LogP contribution is -2.15. The van der Waals surface area contributed by atoms with Crippen molar-refractivity contribution in [1.82, 2.24) is 15.0 Å². The van der Waals surface area contributed by atoms with Gasteiger partial charge in [0.2, 0.25) is 0 Å². The fraction of sp³-hybridized carbons (Fsp3) is 0.0909. The SMILES string of the molecule is CCc1c(N=C(N)c2ccccn2)nc(-c2cccs2)nc1-c1ccccc1. The highest BCUT2D eigenvalue weighted by atomic mass is 32.1. The minimum absolute atomic E-state index is 0.338. The van der Waals surface area contributed by atoms with E-state index < -0.39 is 0 Å². The summed E-state index contributed by atoms with van der Waals surface area (Å²) >= 11 is 1.60. The average molecular weight is 385 g/mol. The molecule has 0 saturated heterocycles. The van der Waals surface area contributed by atoms with E-state index in [1.807, 2.05) is 53.9 Å². The third-order valence-corrected chi connectivity index (χ3v) is 5.15. The van der Waals surface area contributed by atoms with Crippen LogP contribution in [0.3, 0.4) is 0 Å². The zero-order valence-corrected chi connectivity index (χ0v) is 16.2. The average Bonchev–Trinajstić information content (AvgIpc) is 3.29. The molecule has 0 radical (unpaired) electrons. The zero-order chi connectivity index (χ0) is 19.3. The normalized spacial score (nSPS) is 11.5. The fourth-order valence-corrected chi connectivity index (χ4v) is 3.58. The molecule has 0 fully saturated rings. The van der Waals surface area contributed by atoms with Gasteiger partial charge in [-0.05, 0) is 30.0 Å². The molecule has 4 rings (SSSR count). The first-order valence-corrected chi connectivity index (χ1v) is 9.90. The second kappa shape index (κ2) is 8.10. The quantitative estimate of drug-likeness (QED) is 0.393. The molecule has 0 saturated carbocycles. The lowest BCUT2D eigenvalue weighted by atomic mass is 10.0. The molecule has 28 heavy (non-hydrogen) atoms. The summed E-state index contributed by atoms with van der Waals surface area (Å²) < 4.78 is 0. The van der Waals surface area contributed by atoms with Gasteiger partial charge in [0.25, 0.3) is 0 Å². The first-order chi connectivity index (χ1) is 13.8. The van der Waals surface area contributed by atoms with Crippen molar-refractivity contribution >= 4 is 23.0 Å². The van der Waals surface area contributed by atoms with Crippen molar-refractivity contribution in [1.29, 1.82) is 0 Å². The smallest absolute Gasteiger partial charge is 0.172 e. The van der Waals surface area contributed by atoms with Gasteiger partial charge in [-0.25, -0.2) is 15.0 Å². The zero-order valence-electron chi connectivity index (χ0n) is 15.4. The lowest BCUT2D eigenvalue weighted by Gasteiger charge is -2.12. The largest absolute Gasteiger partial charge is 0.382 e. The van der Waals surface area contributed by atoms with E-state index in [1.165, 1.54) is 0 Å². The number of hydrogen-bond donors (Lipinski definition) is 1. The number of hydrogen-bond acceptors (Lipinski definition) is 5. The van der Waals surface area contributed by atoms with Crippen LogP contribution < -0.4 is 5.73 Å². The second-order valence-corrected chi connectivity index (χ2v) is 7.05. The number of rotatable bonds is 5. The molecule has 2 N–H and O–H groups in total. The van der Waals surface area contributed by atoms with Gasteiger partial charge in [-0.1, -0.05) is 49.4 Å². The Bertz CT molecular complexity index is 1090. The summed E-state index contributed by atoms with van der Waals surface area (Å²) in [6.45, 7) is 2.08. The maximum absolute atomic E-state index is 6.24. The van der Waals surface area contributed by atoms with Crippen molar-refractivity contribution in [2.24, 2.45) is 10.7 Å². The minimum Gasteiger partial charge on any atom is -0.382 e. The molecule has 0 atom stereocenters. The van der Waals surface area contributed by atoms with Gasteiger partial charge in [0.05, 0.1) is 10.6 Å². The van der Waals surface area contributed by atoms with Crippen molar-refractivity contribution in [2.75, 3.05) is 0 Å². The number of amidine groups is 1. The van der Waals surface area contributed by atoms with Crippen LogP contribution in [0.2, 0.25) is 0 Å². The van der Waals surface area contributed by atoms with Crippen molar-refractivity contribution in [2.45, 2.75) is 13.3 Å². The fourth-order valence-electron chi connectivity index (χ4n) is 2.93. The number of pyridine rings is 1. The Morgan fingerprint density at radius 2 is 1.82 bits per heavy atom. The van der Waals surface area contributed by atoms with Gasteiger partial charge < -0.3 is 5.73 Å². The molecule has 0 unspecified atom stereocenters. The molecule has 3 aromatic heterocycles. The van der Waals surface area contributed by atoms with Crippen LogP contribution in [0.1, 0.15) is 18.2 Å². The molecular formula is C22H19N5S. The van der Waals surface area contributed by atoms with Gasteiger partial charge in [0, 0.05) is 17.3 Å². The third-order valence-electron chi connectivity index (χ3n) is 4.28. The molecule has 0 amide bonds. The van der Waals surface area contributed by atoms with Crippen LogP contribution in [0.5, 0.6) is 0 Å². The molecule has 6 heteroatoms. The molecule has 4 aromatic rings. The minimum atomic E-state index is 0.338. The van der Waals surface area contributed by atoms with Crippen molar-refractivity contribution in [3.63, 3.8) is 0 Å². The monoisotopic (exact) mass is 385 g/mol. The summed E-state index contributed by atoms with van der Waals surface area (Å²) in [6, 6.07) is 19.7. The lowest BCUT2D eigenvalue weighted by molar-refractivity contribution is 1.05. The van der Waals surface area contributed by atoms with E-state index in [2.05, 4.69) is 29.0 Å². The molecule has 0 spiro atoms. The molecule has 0 aliphatic rings. The number of benzene rings is 1. The second-order valence-electron chi connectivity index (χ2n) is 6.11. The Hall–Kier alpha value is -3.38. The summed E-state index contributed by atoms with van der Waals surface area (Å²) in [4.78, 5) is 19.5. The topological polar surface area (TPSA) is 77.0 Å². The molecular weight excluding hydrogens is 366 g/mol. The first kappa shape index (κ1) is 18.0. The maximum atomic E-state index is 6.24. The van der Waals surface area contributed by atoms with Crippen LogP contribution in [0.25, 0.3) is 22.0 Å². The number of nitrogens with two attached hydrogens (primary N) is 1. The summed E-state index contributed by atoms with van der Waals surface area (Å²) in [5.74, 6) is 1.58. The van der Waals surface area contributed by atoms with Gasteiger partial charge in [0.15, 0.2) is 17.5 Å². The number of nitrogens with zero attached hydrogens (tertiary/aromatic N) is 4. The summed E-state index contributed by atoms with van der Waals surface area (Å²) in [6.07, 6.45) is 2.44. The first-order valence-electron chi connectivity index (χ1n) is 9.02. The van der Waals surface area contributed by atoms with Crippen LogP contribution in [0.4, 0.5) is 5.82 Å². The van der Waals surface area contributed by atoms with Gasteiger partial charge in [-0.3, -0.25) is 4.98 Å². The Morgan fingerprint density at radius 1 is 1.00 bits per heavy atom. The predicted octanol–water partition coefficient (Wildman–Crippen LogP) is 4.87. The number of aromatic nitrogens is 3. The number of thiophene rings is 1. The van der Waals surface area contributed by atoms with Crippen LogP contribution in [0.15, 0.2) is 77.2 Å². The van der Waals surface area contributed by atoms with Crippen LogP contribution in [-0.2, 0) is 6.42 Å². The van der Waals surface area contributed by atoms with Crippen LogP contribution in [-0.4, -0.2) is 20.8 Å². The van der Waals surface area contributed by atoms with E-state index in [4.69, 9.17) is 15.7 Å². The Morgan fingerprint density at radius 3 is 2.50 bits per heavy atom. The highest BCUT2D eigenvalue weighted by Gasteiger charge is 2.16. The van der Waals surface area contributed by atoms with Crippen molar-refractivity contribution in [3.8, 4) is 22.0 Å². The molecule has 3 heterocycles. The van der Waals surface area contributed by atoms with E-state index in [1.54, 1.807) is 17.5 Å². The molecule has 5 nitrogen and oxygen atoms in total. The summed E-state index contributed by atoms with van der Waals surface area (Å²) in [5.41, 5.74) is 9.75. The van der Waals surface area contributed by atoms with Gasteiger partial charge in [-0.2, -0.15) is 0 Å². The Kier molecular flexibility index (Phi) is 5.21. The highest BCUT2D eigenvalue weighted by Crippen LogP contribution is 2.33. The third kappa shape index (κ3) is 3.68. The Balaban J connectivity index is 1.93. The molecule has 0 bridgehead atoms. The van der Waals surface area contributed by atoms with E-state index in [-0.39, 0.29) is 0 Å². The molecule has 0 aliphatic heterocycles. The van der Waals surface area contributed by atoms with Gasteiger partial charge >= 0.3 is 0 Å². The van der Waals surface area contributed by atoms with Crippen LogP contribution in [0, 0.1) is 0 Å². The molecule has 0 aliphatic carbocycles. The molecule has 1 aromatic carbocycles. The van der Waals surface area contributed by atoms with Crippen molar-refractivity contribution < 1.29 is 0 Å². The van der Waals surface area contributed by atoms with E-state index >= 15 is 0 Å².